The maximum Gasteiger partial charge on any atom is 0.245 e. The number of sulfonamides is 1. The van der Waals surface area contributed by atoms with Crippen LogP contribution in [0.5, 0.6) is 0 Å². The molecule has 0 saturated heterocycles. The minimum absolute atomic E-state index is 0.0206. The molecule has 0 bridgehead atoms. The molecule has 2 N–H and O–H groups in total. The quantitative estimate of drug-likeness (QED) is 0.872. The lowest BCUT2D eigenvalue weighted by molar-refractivity contribution is 0.378. The molecule has 0 saturated carbocycles. The summed E-state index contributed by atoms with van der Waals surface area (Å²) in [5.41, 5.74) is 6.39. The summed E-state index contributed by atoms with van der Waals surface area (Å²) >= 11 is 5.83. The van der Waals surface area contributed by atoms with E-state index >= 15 is 0 Å². The van der Waals surface area contributed by atoms with Gasteiger partial charge in [0.25, 0.3) is 0 Å². The molecule has 0 spiro atoms. The summed E-state index contributed by atoms with van der Waals surface area (Å²) in [5, 5.41) is 4.07. The van der Waals surface area contributed by atoms with E-state index in [1.54, 1.807) is 13.0 Å². The molecule has 0 amide bonds. The third kappa shape index (κ3) is 2.95. The van der Waals surface area contributed by atoms with E-state index in [9.17, 15) is 8.42 Å². The van der Waals surface area contributed by atoms with E-state index in [2.05, 4.69) is 5.16 Å². The van der Waals surface area contributed by atoms with Crippen LogP contribution in [-0.4, -0.2) is 24.9 Å². The van der Waals surface area contributed by atoms with Gasteiger partial charge in [0.15, 0.2) is 0 Å². The highest BCUT2D eigenvalue weighted by atomic mass is 35.5. The van der Waals surface area contributed by atoms with Crippen molar-refractivity contribution in [3.05, 3.63) is 40.7 Å². The minimum atomic E-state index is -3.74. The molecule has 0 aliphatic heterocycles. The molecule has 108 valence electrons. The topological polar surface area (TPSA) is 89.4 Å². The summed E-state index contributed by atoms with van der Waals surface area (Å²) in [4.78, 5) is -0.0206. The van der Waals surface area contributed by atoms with Crippen molar-refractivity contribution < 1.29 is 12.9 Å². The van der Waals surface area contributed by atoms with Crippen LogP contribution in [0.3, 0.4) is 0 Å². The Morgan fingerprint density at radius 2 is 2.10 bits per heavy atom. The molecule has 2 aromatic rings. The molecule has 8 heteroatoms. The van der Waals surface area contributed by atoms with E-state index in [1.807, 2.05) is 0 Å². The van der Waals surface area contributed by atoms with Crippen molar-refractivity contribution in [1.82, 2.24) is 9.46 Å². The lowest BCUT2D eigenvalue weighted by Crippen LogP contribution is -2.27. The van der Waals surface area contributed by atoms with Crippen LogP contribution in [0.15, 0.2) is 33.7 Å². The Kier molecular flexibility index (Phi) is 4.03. The Balaban J connectivity index is 2.32. The van der Waals surface area contributed by atoms with E-state index in [1.165, 1.54) is 25.2 Å². The lowest BCUT2D eigenvalue weighted by Gasteiger charge is -2.17. The average Bonchev–Trinajstić information content (AvgIpc) is 2.77. The fourth-order valence-corrected chi connectivity index (χ4v) is 3.22. The molecule has 0 radical (unpaired) electrons. The molecule has 2 rings (SSSR count). The number of hydrogen-bond donors (Lipinski definition) is 1. The van der Waals surface area contributed by atoms with Gasteiger partial charge in [-0.25, -0.2) is 8.42 Å². The third-order valence-electron chi connectivity index (χ3n) is 2.73. The molecule has 6 nitrogen and oxygen atoms in total. The molecule has 0 aliphatic carbocycles. The van der Waals surface area contributed by atoms with Gasteiger partial charge in [-0.05, 0) is 25.1 Å². The monoisotopic (exact) mass is 315 g/mol. The van der Waals surface area contributed by atoms with Crippen LogP contribution >= 0.6 is 11.6 Å². The number of nitrogen functional groups attached to an aromatic ring is 1. The SMILES string of the molecule is Cc1cc(CN(C)S(=O)(=O)c2cc(Cl)ccc2N)no1. The van der Waals surface area contributed by atoms with Gasteiger partial charge in [0, 0.05) is 18.1 Å². The normalized spacial score (nSPS) is 12.0. The van der Waals surface area contributed by atoms with Crippen LogP contribution < -0.4 is 5.73 Å². The molecule has 0 fully saturated rings. The number of anilines is 1. The summed E-state index contributed by atoms with van der Waals surface area (Å²) in [5.74, 6) is 0.619. The summed E-state index contributed by atoms with van der Waals surface area (Å²) < 4.78 is 30.9. The molecule has 0 unspecified atom stereocenters. The van der Waals surface area contributed by atoms with Crippen LogP contribution in [-0.2, 0) is 16.6 Å². The maximum atomic E-state index is 12.4. The zero-order valence-electron chi connectivity index (χ0n) is 11.0. The van der Waals surface area contributed by atoms with E-state index in [4.69, 9.17) is 21.9 Å². The third-order valence-corrected chi connectivity index (χ3v) is 4.82. The lowest BCUT2D eigenvalue weighted by atomic mass is 10.3. The van der Waals surface area contributed by atoms with Crippen molar-refractivity contribution in [3.63, 3.8) is 0 Å². The molecule has 1 heterocycles. The second kappa shape index (κ2) is 5.43. The zero-order valence-corrected chi connectivity index (χ0v) is 12.6. The van der Waals surface area contributed by atoms with E-state index in [-0.39, 0.29) is 17.1 Å². The first-order valence-corrected chi connectivity index (χ1v) is 7.56. The number of aromatic nitrogens is 1. The Morgan fingerprint density at radius 1 is 1.40 bits per heavy atom. The predicted molar refractivity (Wildman–Crippen MR) is 75.8 cm³/mol. The molecular formula is C12H14ClN3O3S. The van der Waals surface area contributed by atoms with Crippen LogP contribution in [0.2, 0.25) is 5.02 Å². The van der Waals surface area contributed by atoms with Crippen LogP contribution in [0.25, 0.3) is 0 Å². The summed E-state index contributed by atoms with van der Waals surface area (Å²) in [6.45, 7) is 1.82. The summed E-state index contributed by atoms with van der Waals surface area (Å²) in [7, 11) is -2.29. The number of aryl methyl sites for hydroxylation is 1. The first-order chi connectivity index (χ1) is 9.30. The number of hydrogen-bond acceptors (Lipinski definition) is 5. The van der Waals surface area contributed by atoms with Crippen LogP contribution in [0, 0.1) is 6.92 Å². The largest absolute Gasteiger partial charge is 0.398 e. The van der Waals surface area contributed by atoms with Crippen molar-refractivity contribution in [1.29, 1.82) is 0 Å². The van der Waals surface area contributed by atoms with Crippen LogP contribution in [0.1, 0.15) is 11.5 Å². The van der Waals surface area contributed by atoms with Gasteiger partial charge in [0.1, 0.15) is 10.7 Å². The van der Waals surface area contributed by atoms with Crippen molar-refractivity contribution in [2.24, 2.45) is 0 Å². The molecule has 1 aromatic carbocycles. The zero-order chi connectivity index (χ0) is 14.9. The summed E-state index contributed by atoms with van der Waals surface area (Å²) in [6, 6.07) is 6.00. The fraction of sp³-hybridized carbons (Fsp3) is 0.250. The highest BCUT2D eigenvalue weighted by Crippen LogP contribution is 2.25. The van der Waals surface area contributed by atoms with Crippen molar-refractivity contribution in [2.45, 2.75) is 18.4 Å². The minimum Gasteiger partial charge on any atom is -0.398 e. The van der Waals surface area contributed by atoms with Gasteiger partial charge in [-0.2, -0.15) is 4.31 Å². The highest BCUT2D eigenvalue weighted by Gasteiger charge is 2.24. The standard InChI is InChI=1S/C12H14ClN3O3S/c1-8-5-10(15-19-8)7-16(2)20(17,18)12-6-9(13)3-4-11(12)14/h3-6H,7,14H2,1-2H3. The second-order valence-corrected chi connectivity index (χ2v) is 6.82. The average molecular weight is 316 g/mol. The number of rotatable bonds is 4. The fourth-order valence-electron chi connectivity index (χ4n) is 1.71. The highest BCUT2D eigenvalue weighted by molar-refractivity contribution is 7.89. The number of benzene rings is 1. The molecule has 0 atom stereocenters. The van der Waals surface area contributed by atoms with Gasteiger partial charge in [-0.1, -0.05) is 16.8 Å². The Hall–Kier alpha value is -1.57. The van der Waals surface area contributed by atoms with Gasteiger partial charge >= 0.3 is 0 Å². The molecule has 1 aromatic heterocycles. The molecular weight excluding hydrogens is 302 g/mol. The van der Waals surface area contributed by atoms with Gasteiger partial charge in [0.05, 0.1) is 17.9 Å². The summed E-state index contributed by atoms with van der Waals surface area (Å²) in [6.07, 6.45) is 0. The van der Waals surface area contributed by atoms with E-state index in [0.717, 1.165) is 4.31 Å². The first kappa shape index (κ1) is 14.8. The van der Waals surface area contributed by atoms with Crippen molar-refractivity contribution >= 4 is 27.3 Å². The smallest absolute Gasteiger partial charge is 0.245 e. The van der Waals surface area contributed by atoms with Crippen molar-refractivity contribution in [2.75, 3.05) is 12.8 Å². The van der Waals surface area contributed by atoms with E-state index in [0.29, 0.717) is 16.5 Å². The predicted octanol–water partition coefficient (Wildman–Crippen LogP) is 2.04. The number of nitrogens with zero attached hydrogens (tertiary/aromatic N) is 2. The van der Waals surface area contributed by atoms with E-state index < -0.39 is 10.0 Å². The van der Waals surface area contributed by atoms with Gasteiger partial charge in [-0.3, -0.25) is 0 Å². The van der Waals surface area contributed by atoms with Gasteiger partial charge in [-0.15, -0.1) is 0 Å². The Bertz CT molecular complexity index is 727. The van der Waals surface area contributed by atoms with Gasteiger partial charge < -0.3 is 10.3 Å². The molecule has 20 heavy (non-hydrogen) atoms. The van der Waals surface area contributed by atoms with Crippen molar-refractivity contribution in [3.8, 4) is 0 Å². The Morgan fingerprint density at radius 3 is 2.70 bits per heavy atom. The maximum absolute atomic E-state index is 12.4. The second-order valence-electron chi connectivity index (χ2n) is 4.37. The molecule has 0 aliphatic rings. The van der Waals surface area contributed by atoms with Crippen LogP contribution in [0.4, 0.5) is 5.69 Å². The first-order valence-electron chi connectivity index (χ1n) is 5.74. The van der Waals surface area contributed by atoms with Gasteiger partial charge in [0.2, 0.25) is 10.0 Å². The number of halogens is 1. The Labute approximate surface area is 122 Å². The number of nitrogens with two attached hydrogens (primary N) is 1.